The van der Waals surface area contributed by atoms with E-state index >= 15 is 0 Å². The van der Waals surface area contributed by atoms with Gasteiger partial charge >= 0.3 is 0 Å². The van der Waals surface area contributed by atoms with Gasteiger partial charge in [-0.15, -0.1) is 0 Å². The average Bonchev–Trinajstić information content (AvgIpc) is 3.19. The topological polar surface area (TPSA) is 89.2 Å². The number of fused-ring (bicyclic) bond motifs is 1. The lowest BCUT2D eigenvalue weighted by atomic mass is 9.85. The zero-order chi connectivity index (χ0) is 16.5. The molecule has 1 saturated heterocycles. The molecule has 7 heteroatoms. The van der Waals surface area contributed by atoms with E-state index in [0.29, 0.717) is 31.0 Å². The number of nitrogens with zero attached hydrogens (tertiary/aromatic N) is 4. The normalized spacial score (nSPS) is 22.9. The van der Waals surface area contributed by atoms with Crippen molar-refractivity contribution in [2.75, 3.05) is 6.54 Å². The molecule has 122 valence electrons. The maximum atomic E-state index is 12.4. The Bertz CT molecular complexity index is 773. The third-order valence-electron chi connectivity index (χ3n) is 4.54. The zero-order valence-electron chi connectivity index (χ0n) is 13.0. The lowest BCUT2D eigenvalue weighted by Gasteiger charge is -2.14. The SMILES string of the molecule is O=C1C2CC=CCC2C(=O)N1CCc1nc(-c2cccnc2)no1. The predicted molar refractivity (Wildman–Crippen MR) is 83.3 cm³/mol. The van der Waals surface area contributed by atoms with Gasteiger partial charge in [0.25, 0.3) is 0 Å². The van der Waals surface area contributed by atoms with Crippen LogP contribution in [0.15, 0.2) is 41.2 Å². The number of pyridine rings is 1. The van der Waals surface area contributed by atoms with E-state index in [4.69, 9.17) is 4.52 Å². The highest BCUT2D eigenvalue weighted by atomic mass is 16.5. The molecule has 1 fully saturated rings. The van der Waals surface area contributed by atoms with Crippen LogP contribution in [0.1, 0.15) is 18.7 Å². The summed E-state index contributed by atoms with van der Waals surface area (Å²) in [6.45, 7) is 0.277. The molecule has 0 saturated carbocycles. The summed E-state index contributed by atoms with van der Waals surface area (Å²) in [6.07, 6.45) is 8.94. The third kappa shape index (κ3) is 2.51. The highest BCUT2D eigenvalue weighted by molar-refractivity contribution is 6.05. The van der Waals surface area contributed by atoms with Crippen LogP contribution in [0, 0.1) is 11.8 Å². The van der Waals surface area contributed by atoms with Gasteiger partial charge in [-0.05, 0) is 25.0 Å². The minimum Gasteiger partial charge on any atom is -0.339 e. The van der Waals surface area contributed by atoms with E-state index in [9.17, 15) is 9.59 Å². The van der Waals surface area contributed by atoms with E-state index in [-0.39, 0.29) is 30.2 Å². The number of rotatable bonds is 4. The first-order chi connectivity index (χ1) is 11.7. The van der Waals surface area contributed by atoms with Crippen LogP contribution in [0.5, 0.6) is 0 Å². The van der Waals surface area contributed by atoms with Crippen LogP contribution in [0.3, 0.4) is 0 Å². The zero-order valence-corrected chi connectivity index (χ0v) is 13.0. The molecule has 2 atom stereocenters. The van der Waals surface area contributed by atoms with Crippen LogP contribution in [-0.4, -0.2) is 38.4 Å². The minimum atomic E-state index is -0.198. The van der Waals surface area contributed by atoms with Gasteiger partial charge in [0, 0.05) is 30.9 Å². The lowest BCUT2D eigenvalue weighted by Crippen LogP contribution is -2.33. The second kappa shape index (κ2) is 5.99. The molecule has 24 heavy (non-hydrogen) atoms. The van der Waals surface area contributed by atoms with Gasteiger partial charge in [-0.3, -0.25) is 19.5 Å². The number of allylic oxidation sites excluding steroid dienone is 2. The summed E-state index contributed by atoms with van der Waals surface area (Å²) < 4.78 is 5.22. The molecule has 0 aromatic carbocycles. The molecule has 1 aliphatic carbocycles. The summed E-state index contributed by atoms with van der Waals surface area (Å²) in [4.78, 5) is 34.5. The van der Waals surface area contributed by atoms with Crippen LogP contribution < -0.4 is 0 Å². The Kier molecular flexibility index (Phi) is 3.68. The Labute approximate surface area is 138 Å². The van der Waals surface area contributed by atoms with Crippen LogP contribution in [0.2, 0.25) is 0 Å². The first-order valence-corrected chi connectivity index (χ1v) is 7.97. The highest BCUT2D eigenvalue weighted by Gasteiger charge is 2.46. The van der Waals surface area contributed by atoms with Crippen LogP contribution in [0.4, 0.5) is 0 Å². The molecule has 1 aliphatic heterocycles. The lowest BCUT2D eigenvalue weighted by molar-refractivity contribution is -0.139. The summed E-state index contributed by atoms with van der Waals surface area (Å²) in [6, 6.07) is 3.63. The highest BCUT2D eigenvalue weighted by Crippen LogP contribution is 2.35. The van der Waals surface area contributed by atoms with Crippen LogP contribution in [0.25, 0.3) is 11.4 Å². The van der Waals surface area contributed by atoms with Gasteiger partial charge in [0.2, 0.25) is 23.5 Å². The molecule has 7 nitrogen and oxygen atoms in total. The quantitative estimate of drug-likeness (QED) is 0.627. The molecule has 2 amide bonds. The summed E-state index contributed by atoms with van der Waals surface area (Å²) in [7, 11) is 0. The molecule has 0 bridgehead atoms. The van der Waals surface area contributed by atoms with Gasteiger partial charge in [0.15, 0.2) is 0 Å². The third-order valence-corrected chi connectivity index (χ3v) is 4.54. The van der Waals surface area contributed by atoms with Crippen molar-refractivity contribution in [2.24, 2.45) is 11.8 Å². The largest absolute Gasteiger partial charge is 0.339 e. The van der Waals surface area contributed by atoms with Crippen LogP contribution >= 0.6 is 0 Å². The predicted octanol–water partition coefficient (Wildman–Crippen LogP) is 1.63. The number of amides is 2. The maximum Gasteiger partial charge on any atom is 0.233 e. The number of aromatic nitrogens is 3. The number of hydrogen-bond acceptors (Lipinski definition) is 6. The molecule has 2 aromatic rings. The van der Waals surface area contributed by atoms with Crippen molar-refractivity contribution in [3.63, 3.8) is 0 Å². The summed E-state index contributed by atoms with van der Waals surface area (Å²) in [5.41, 5.74) is 0.762. The molecule has 3 heterocycles. The molecule has 0 spiro atoms. The molecule has 4 rings (SSSR count). The fourth-order valence-electron chi connectivity index (χ4n) is 3.27. The van der Waals surface area contributed by atoms with E-state index in [2.05, 4.69) is 15.1 Å². The average molecular weight is 324 g/mol. The van der Waals surface area contributed by atoms with E-state index in [1.807, 2.05) is 18.2 Å². The molecule has 0 N–H and O–H groups in total. The standard InChI is InChI=1S/C17H16N4O3/c22-16-12-5-1-2-6-13(12)17(23)21(16)9-7-14-19-15(20-24-14)11-4-3-8-18-10-11/h1-4,8,10,12-13H,5-7,9H2. The van der Waals surface area contributed by atoms with Crippen molar-refractivity contribution in [3.8, 4) is 11.4 Å². The van der Waals surface area contributed by atoms with Crippen molar-refractivity contribution in [1.29, 1.82) is 0 Å². The fraction of sp³-hybridized carbons (Fsp3) is 0.353. The monoisotopic (exact) mass is 324 g/mol. The molecular formula is C17H16N4O3. The van der Waals surface area contributed by atoms with E-state index in [1.54, 1.807) is 18.5 Å². The van der Waals surface area contributed by atoms with Gasteiger partial charge < -0.3 is 4.52 Å². The Morgan fingerprint density at radius 3 is 2.58 bits per heavy atom. The smallest absolute Gasteiger partial charge is 0.233 e. The minimum absolute atomic E-state index is 0.0821. The Hall–Kier alpha value is -2.83. The molecule has 2 unspecified atom stereocenters. The van der Waals surface area contributed by atoms with Gasteiger partial charge in [0.1, 0.15) is 0 Å². The van der Waals surface area contributed by atoms with Crippen molar-refractivity contribution in [2.45, 2.75) is 19.3 Å². The van der Waals surface area contributed by atoms with Gasteiger partial charge in [-0.1, -0.05) is 17.3 Å². The first-order valence-electron chi connectivity index (χ1n) is 7.97. The summed E-state index contributed by atoms with van der Waals surface area (Å²) in [5.74, 6) is 0.299. The summed E-state index contributed by atoms with van der Waals surface area (Å²) >= 11 is 0. The van der Waals surface area contributed by atoms with Gasteiger partial charge in [0.05, 0.1) is 11.8 Å². The second-order valence-corrected chi connectivity index (χ2v) is 5.99. The maximum absolute atomic E-state index is 12.4. The molecule has 2 aromatic heterocycles. The van der Waals surface area contributed by atoms with Gasteiger partial charge in [-0.25, -0.2) is 0 Å². The first kappa shape index (κ1) is 14.7. The van der Waals surface area contributed by atoms with Crippen molar-refractivity contribution < 1.29 is 14.1 Å². The molecule has 0 radical (unpaired) electrons. The number of carbonyl (C=O) groups is 2. The Morgan fingerprint density at radius 1 is 1.17 bits per heavy atom. The number of likely N-dealkylation sites (tertiary alicyclic amines) is 1. The van der Waals surface area contributed by atoms with Gasteiger partial charge in [-0.2, -0.15) is 4.98 Å². The van der Waals surface area contributed by atoms with E-state index in [0.717, 1.165) is 5.56 Å². The van der Waals surface area contributed by atoms with Crippen molar-refractivity contribution >= 4 is 11.8 Å². The number of imide groups is 1. The van der Waals surface area contributed by atoms with E-state index in [1.165, 1.54) is 4.90 Å². The fourth-order valence-corrected chi connectivity index (χ4v) is 3.27. The molecule has 2 aliphatic rings. The summed E-state index contributed by atoms with van der Waals surface area (Å²) in [5, 5.41) is 3.92. The molecular weight excluding hydrogens is 308 g/mol. The van der Waals surface area contributed by atoms with Crippen LogP contribution in [-0.2, 0) is 16.0 Å². The number of hydrogen-bond donors (Lipinski definition) is 0. The Morgan fingerprint density at radius 2 is 1.92 bits per heavy atom. The van der Waals surface area contributed by atoms with Crippen molar-refractivity contribution in [3.05, 3.63) is 42.6 Å². The van der Waals surface area contributed by atoms with Crippen molar-refractivity contribution in [1.82, 2.24) is 20.0 Å². The second-order valence-electron chi connectivity index (χ2n) is 5.99. The Balaban J connectivity index is 1.43. The number of carbonyl (C=O) groups excluding carboxylic acids is 2. The van der Waals surface area contributed by atoms with E-state index < -0.39 is 0 Å².